The maximum atomic E-state index is 5.29. The van der Waals surface area contributed by atoms with Gasteiger partial charge >= 0.3 is 0 Å². The van der Waals surface area contributed by atoms with Gasteiger partial charge in [0.1, 0.15) is 12.5 Å². The number of hydrogen-bond acceptors (Lipinski definition) is 3. The second-order valence-corrected chi connectivity index (χ2v) is 2.91. The van der Waals surface area contributed by atoms with Crippen molar-refractivity contribution in [2.24, 2.45) is 0 Å². The van der Waals surface area contributed by atoms with E-state index >= 15 is 0 Å². The molecular formula is C7H7NOS. The van der Waals surface area contributed by atoms with Crippen molar-refractivity contribution < 1.29 is 4.74 Å². The van der Waals surface area contributed by atoms with Gasteiger partial charge in [0.2, 0.25) is 0 Å². The lowest BCUT2D eigenvalue weighted by atomic mass is 10.3. The van der Waals surface area contributed by atoms with Crippen LogP contribution >= 0.6 is 11.9 Å². The summed E-state index contributed by atoms with van der Waals surface area (Å²) >= 11 is 1.61. The predicted molar refractivity (Wildman–Crippen MR) is 40.9 cm³/mol. The Bertz CT molecular complexity index is 214. The third-order valence-corrected chi connectivity index (χ3v) is 2.14. The van der Waals surface area contributed by atoms with Gasteiger partial charge in [0.15, 0.2) is 0 Å². The molecule has 0 atom stereocenters. The third-order valence-electron chi connectivity index (χ3n) is 1.32. The smallest absolute Gasteiger partial charge is 0.148 e. The molecule has 1 aliphatic rings. The van der Waals surface area contributed by atoms with Gasteiger partial charge in [-0.3, -0.25) is 0 Å². The van der Waals surface area contributed by atoms with Crippen molar-refractivity contribution in [3.05, 3.63) is 24.3 Å². The van der Waals surface area contributed by atoms with Crippen molar-refractivity contribution in [2.75, 3.05) is 6.73 Å². The van der Waals surface area contributed by atoms with E-state index < -0.39 is 0 Å². The number of rotatable bonds is 0. The number of nitrogens with one attached hydrogen (secondary N) is 1. The van der Waals surface area contributed by atoms with Crippen LogP contribution in [0.5, 0.6) is 5.75 Å². The summed E-state index contributed by atoms with van der Waals surface area (Å²) in [5.41, 5.74) is 0. The van der Waals surface area contributed by atoms with Crippen LogP contribution in [0.2, 0.25) is 0 Å². The monoisotopic (exact) mass is 153 g/mol. The van der Waals surface area contributed by atoms with Gasteiger partial charge in [-0.1, -0.05) is 12.1 Å². The Morgan fingerprint density at radius 3 is 3.20 bits per heavy atom. The fourth-order valence-electron chi connectivity index (χ4n) is 0.868. The van der Waals surface area contributed by atoms with Crippen LogP contribution in [-0.2, 0) is 0 Å². The van der Waals surface area contributed by atoms with Crippen LogP contribution in [0.15, 0.2) is 29.2 Å². The molecule has 0 fully saturated rings. The van der Waals surface area contributed by atoms with Crippen LogP contribution in [0, 0.1) is 0 Å². The molecule has 0 saturated carbocycles. The summed E-state index contributed by atoms with van der Waals surface area (Å²) < 4.78 is 8.33. The molecule has 0 saturated heterocycles. The van der Waals surface area contributed by atoms with Crippen molar-refractivity contribution in [2.45, 2.75) is 4.90 Å². The molecule has 0 unspecified atom stereocenters. The van der Waals surface area contributed by atoms with E-state index in [2.05, 4.69) is 4.72 Å². The van der Waals surface area contributed by atoms with Crippen LogP contribution in [0.25, 0.3) is 0 Å². The summed E-state index contributed by atoms with van der Waals surface area (Å²) in [4.78, 5) is 1.16. The topological polar surface area (TPSA) is 21.3 Å². The molecule has 0 aromatic heterocycles. The van der Waals surface area contributed by atoms with E-state index in [4.69, 9.17) is 4.74 Å². The SMILES string of the molecule is c1ccc2c(c1)OCNS2. The first-order chi connectivity index (χ1) is 4.97. The number of hydrogen-bond donors (Lipinski definition) is 1. The zero-order valence-corrected chi connectivity index (χ0v) is 6.15. The Morgan fingerprint density at radius 1 is 1.40 bits per heavy atom. The minimum absolute atomic E-state index is 0.599. The maximum absolute atomic E-state index is 5.29. The number of fused-ring (bicyclic) bond motifs is 1. The zero-order chi connectivity index (χ0) is 6.81. The lowest BCUT2D eigenvalue weighted by molar-refractivity contribution is 0.301. The van der Waals surface area contributed by atoms with Crippen molar-refractivity contribution in [3.8, 4) is 5.75 Å². The first kappa shape index (κ1) is 6.07. The van der Waals surface area contributed by atoms with Gasteiger partial charge in [0, 0.05) is 0 Å². The van der Waals surface area contributed by atoms with Gasteiger partial charge in [0.05, 0.1) is 4.90 Å². The van der Waals surface area contributed by atoms with E-state index in [0.717, 1.165) is 10.6 Å². The molecule has 2 nitrogen and oxygen atoms in total. The first-order valence-corrected chi connectivity index (χ1v) is 3.90. The standard InChI is InChI=1S/C7H7NOS/c1-2-4-7-6(3-1)9-5-8-10-7/h1-4,8H,5H2. The highest BCUT2D eigenvalue weighted by Crippen LogP contribution is 2.29. The van der Waals surface area contributed by atoms with E-state index in [-0.39, 0.29) is 0 Å². The van der Waals surface area contributed by atoms with Crippen LogP contribution in [0.4, 0.5) is 0 Å². The third kappa shape index (κ3) is 0.978. The Labute approximate surface area is 63.7 Å². The predicted octanol–water partition coefficient (Wildman–Crippen LogP) is 1.63. The van der Waals surface area contributed by atoms with Crippen LogP contribution in [0.3, 0.4) is 0 Å². The second-order valence-electron chi connectivity index (χ2n) is 1.98. The molecule has 52 valence electrons. The van der Waals surface area contributed by atoms with Crippen molar-refractivity contribution in [3.63, 3.8) is 0 Å². The second kappa shape index (κ2) is 2.52. The number of para-hydroxylation sites is 1. The number of ether oxygens (including phenoxy) is 1. The van der Waals surface area contributed by atoms with E-state index in [0.29, 0.717) is 6.73 Å². The number of benzene rings is 1. The summed E-state index contributed by atoms with van der Waals surface area (Å²) in [7, 11) is 0. The zero-order valence-electron chi connectivity index (χ0n) is 5.33. The molecule has 3 heteroatoms. The minimum atomic E-state index is 0.599. The quantitative estimate of drug-likeness (QED) is 0.572. The maximum Gasteiger partial charge on any atom is 0.148 e. The van der Waals surface area contributed by atoms with Gasteiger partial charge in [0.25, 0.3) is 0 Å². The van der Waals surface area contributed by atoms with Crippen LogP contribution in [0.1, 0.15) is 0 Å². The molecule has 0 spiro atoms. The minimum Gasteiger partial charge on any atom is -0.476 e. The highest BCUT2D eigenvalue weighted by Gasteiger charge is 2.07. The fourth-order valence-corrected chi connectivity index (χ4v) is 1.52. The van der Waals surface area contributed by atoms with E-state index in [1.54, 1.807) is 11.9 Å². The van der Waals surface area contributed by atoms with E-state index in [1.807, 2.05) is 24.3 Å². The lowest BCUT2D eigenvalue weighted by Gasteiger charge is -2.16. The van der Waals surface area contributed by atoms with Gasteiger partial charge in [-0.15, -0.1) is 0 Å². The molecule has 0 aliphatic carbocycles. The Kier molecular flexibility index (Phi) is 1.53. The average Bonchev–Trinajstić information content (AvgIpc) is 2.05. The molecule has 10 heavy (non-hydrogen) atoms. The van der Waals surface area contributed by atoms with Crippen LogP contribution in [-0.4, -0.2) is 6.73 Å². The first-order valence-electron chi connectivity index (χ1n) is 3.08. The molecule has 1 aromatic carbocycles. The van der Waals surface area contributed by atoms with Gasteiger partial charge in [-0.2, -0.15) is 0 Å². The summed E-state index contributed by atoms with van der Waals surface area (Å²) in [5.74, 6) is 0.978. The van der Waals surface area contributed by atoms with Gasteiger partial charge in [-0.05, 0) is 24.1 Å². The summed E-state index contributed by atoms with van der Waals surface area (Å²) in [6.45, 7) is 0.599. The highest BCUT2D eigenvalue weighted by molar-refractivity contribution is 7.97. The Hall–Kier alpha value is -0.670. The molecule has 1 aromatic rings. The molecule has 1 aliphatic heterocycles. The van der Waals surface area contributed by atoms with Crippen molar-refractivity contribution >= 4 is 11.9 Å². The van der Waals surface area contributed by atoms with Gasteiger partial charge < -0.3 is 4.74 Å². The average molecular weight is 153 g/mol. The summed E-state index contributed by atoms with van der Waals surface area (Å²) in [5, 5.41) is 0. The molecule has 0 amide bonds. The molecule has 1 N–H and O–H groups in total. The van der Waals surface area contributed by atoms with Crippen LogP contribution < -0.4 is 9.46 Å². The van der Waals surface area contributed by atoms with Crippen molar-refractivity contribution in [1.29, 1.82) is 0 Å². The van der Waals surface area contributed by atoms with Gasteiger partial charge in [-0.25, -0.2) is 4.72 Å². The Morgan fingerprint density at radius 2 is 2.30 bits per heavy atom. The molecule has 0 bridgehead atoms. The van der Waals surface area contributed by atoms with Crippen molar-refractivity contribution in [1.82, 2.24) is 4.72 Å². The fraction of sp³-hybridized carbons (Fsp3) is 0.143. The highest BCUT2D eigenvalue weighted by atomic mass is 32.2. The Balaban J connectivity index is 2.41. The lowest BCUT2D eigenvalue weighted by Crippen LogP contribution is -2.16. The largest absolute Gasteiger partial charge is 0.476 e. The molecule has 2 rings (SSSR count). The molecule has 0 radical (unpaired) electrons. The van der Waals surface area contributed by atoms with E-state index in [9.17, 15) is 0 Å². The molecular weight excluding hydrogens is 146 g/mol. The summed E-state index contributed by atoms with van der Waals surface area (Å²) in [6.07, 6.45) is 0. The molecule has 1 heterocycles. The normalized spacial score (nSPS) is 15.6. The van der Waals surface area contributed by atoms with E-state index in [1.165, 1.54) is 0 Å². The summed E-state index contributed by atoms with van der Waals surface area (Å²) in [6, 6.07) is 7.99.